The van der Waals surface area contributed by atoms with E-state index in [0.717, 1.165) is 5.52 Å². The highest BCUT2D eigenvalue weighted by Crippen LogP contribution is 2.11. The monoisotopic (exact) mass is 218 g/mol. The van der Waals surface area contributed by atoms with Crippen molar-refractivity contribution < 1.29 is 14.3 Å². The van der Waals surface area contributed by atoms with Crippen molar-refractivity contribution in [1.29, 1.82) is 0 Å². The van der Waals surface area contributed by atoms with E-state index in [2.05, 4.69) is 4.98 Å². The Morgan fingerprint density at radius 3 is 3.00 bits per heavy atom. The van der Waals surface area contributed by atoms with Gasteiger partial charge in [0, 0.05) is 11.7 Å². The van der Waals surface area contributed by atoms with Crippen LogP contribution in [0.25, 0.3) is 5.52 Å². The molecule has 82 valence electrons. The fraction of sp³-hybridized carbons (Fsp3) is 0.182. The van der Waals surface area contributed by atoms with Crippen LogP contribution in [-0.4, -0.2) is 28.2 Å². The van der Waals surface area contributed by atoms with Crippen molar-refractivity contribution in [3.63, 3.8) is 0 Å². The van der Waals surface area contributed by atoms with Crippen LogP contribution in [0.3, 0.4) is 0 Å². The zero-order valence-corrected chi connectivity index (χ0v) is 8.71. The van der Waals surface area contributed by atoms with Gasteiger partial charge in [-0.3, -0.25) is 9.20 Å². The molecule has 0 bridgehead atoms. The number of hydrogen-bond acceptors (Lipinski definition) is 4. The third kappa shape index (κ3) is 1.56. The van der Waals surface area contributed by atoms with Crippen molar-refractivity contribution in [3.05, 3.63) is 35.9 Å². The Kier molecular flexibility index (Phi) is 2.68. The predicted octanol–water partition coefficient (Wildman–Crippen LogP) is 1.32. The second kappa shape index (κ2) is 4.14. The Labute approximate surface area is 91.7 Å². The van der Waals surface area contributed by atoms with E-state index in [1.807, 2.05) is 0 Å². The molecule has 5 heteroatoms. The van der Waals surface area contributed by atoms with Crippen molar-refractivity contribution in [3.8, 4) is 0 Å². The van der Waals surface area contributed by atoms with E-state index >= 15 is 0 Å². The molecule has 5 nitrogen and oxygen atoms in total. The number of fused-ring (bicyclic) bond motifs is 1. The lowest BCUT2D eigenvalue weighted by atomic mass is 10.4. The van der Waals surface area contributed by atoms with Crippen molar-refractivity contribution in [2.45, 2.75) is 6.92 Å². The highest BCUT2D eigenvalue weighted by molar-refractivity contribution is 5.88. The molecule has 0 aliphatic heterocycles. The second-order valence-electron chi connectivity index (χ2n) is 3.13. The Morgan fingerprint density at radius 2 is 2.31 bits per heavy atom. The highest BCUT2D eigenvalue weighted by Gasteiger charge is 2.14. The molecule has 2 aromatic heterocycles. The van der Waals surface area contributed by atoms with Crippen molar-refractivity contribution >= 4 is 17.8 Å². The number of nitrogens with zero attached hydrogens (tertiary/aromatic N) is 2. The summed E-state index contributed by atoms with van der Waals surface area (Å²) in [6.07, 6.45) is 2.19. The maximum atomic E-state index is 11.6. The largest absolute Gasteiger partial charge is 0.460 e. The van der Waals surface area contributed by atoms with Gasteiger partial charge >= 0.3 is 5.97 Å². The Balaban J connectivity index is 2.63. The minimum Gasteiger partial charge on any atom is -0.460 e. The van der Waals surface area contributed by atoms with E-state index in [9.17, 15) is 9.59 Å². The Hall–Kier alpha value is -2.17. The number of aromatic nitrogens is 2. The van der Waals surface area contributed by atoms with E-state index in [0.29, 0.717) is 12.0 Å². The number of rotatable bonds is 3. The SMILES string of the molecule is CCOC(=O)c1nccc2ccc(C=O)n12. The van der Waals surface area contributed by atoms with Gasteiger partial charge in [0.05, 0.1) is 12.3 Å². The summed E-state index contributed by atoms with van der Waals surface area (Å²) in [6, 6.07) is 5.09. The summed E-state index contributed by atoms with van der Waals surface area (Å²) in [5, 5.41) is 0. The third-order valence-electron chi connectivity index (χ3n) is 2.17. The van der Waals surface area contributed by atoms with Gasteiger partial charge in [-0.15, -0.1) is 0 Å². The van der Waals surface area contributed by atoms with Gasteiger partial charge in [0.2, 0.25) is 5.82 Å². The van der Waals surface area contributed by atoms with Crippen LogP contribution in [0.5, 0.6) is 0 Å². The number of aldehydes is 1. The van der Waals surface area contributed by atoms with Crippen LogP contribution in [0.4, 0.5) is 0 Å². The van der Waals surface area contributed by atoms with Crippen molar-refractivity contribution in [1.82, 2.24) is 9.38 Å². The minimum atomic E-state index is -0.535. The summed E-state index contributed by atoms with van der Waals surface area (Å²) >= 11 is 0. The lowest BCUT2D eigenvalue weighted by Gasteiger charge is -2.05. The van der Waals surface area contributed by atoms with Gasteiger partial charge < -0.3 is 4.74 Å². The molecule has 0 spiro atoms. The molecule has 0 fully saturated rings. The normalized spacial score (nSPS) is 10.3. The summed E-state index contributed by atoms with van der Waals surface area (Å²) in [7, 11) is 0. The Morgan fingerprint density at radius 1 is 1.50 bits per heavy atom. The highest BCUT2D eigenvalue weighted by atomic mass is 16.5. The minimum absolute atomic E-state index is 0.117. The van der Waals surface area contributed by atoms with Crippen LogP contribution in [0, 0.1) is 0 Å². The second-order valence-corrected chi connectivity index (χ2v) is 3.13. The first-order valence-electron chi connectivity index (χ1n) is 4.86. The van der Waals surface area contributed by atoms with Crippen LogP contribution in [0.2, 0.25) is 0 Å². The molecule has 0 amide bonds. The standard InChI is InChI=1S/C11H10N2O3/c1-2-16-11(15)10-12-6-5-8-3-4-9(7-14)13(8)10/h3-7H,2H2,1H3. The van der Waals surface area contributed by atoms with Crippen LogP contribution in [-0.2, 0) is 4.74 Å². The zero-order valence-electron chi connectivity index (χ0n) is 8.71. The van der Waals surface area contributed by atoms with E-state index < -0.39 is 5.97 Å². The fourth-order valence-corrected chi connectivity index (χ4v) is 1.52. The number of carbonyl (C=O) groups excluding carboxylic acids is 2. The van der Waals surface area contributed by atoms with Gasteiger partial charge in [-0.1, -0.05) is 0 Å². The quantitative estimate of drug-likeness (QED) is 0.576. The number of ether oxygens (including phenoxy) is 1. The summed E-state index contributed by atoms with van der Waals surface area (Å²) in [6.45, 7) is 1.99. The molecule has 2 rings (SSSR count). The van der Waals surface area contributed by atoms with Crippen molar-refractivity contribution in [2.75, 3.05) is 6.61 Å². The van der Waals surface area contributed by atoms with Crippen molar-refractivity contribution in [2.24, 2.45) is 0 Å². The average molecular weight is 218 g/mol. The van der Waals surface area contributed by atoms with Gasteiger partial charge in [-0.25, -0.2) is 9.78 Å². The van der Waals surface area contributed by atoms with Crippen LogP contribution in [0.15, 0.2) is 24.4 Å². The van der Waals surface area contributed by atoms with E-state index in [1.54, 1.807) is 25.1 Å². The molecule has 0 aliphatic carbocycles. The molecule has 0 atom stereocenters. The first-order valence-corrected chi connectivity index (χ1v) is 4.86. The smallest absolute Gasteiger partial charge is 0.374 e. The molecule has 0 aromatic carbocycles. The van der Waals surface area contributed by atoms with Crippen LogP contribution in [0.1, 0.15) is 28.0 Å². The molecule has 0 aliphatic rings. The first kappa shape index (κ1) is 10.4. The van der Waals surface area contributed by atoms with Crippen LogP contribution < -0.4 is 0 Å². The summed E-state index contributed by atoms with van der Waals surface area (Å²) in [4.78, 5) is 26.4. The summed E-state index contributed by atoms with van der Waals surface area (Å²) < 4.78 is 6.34. The zero-order chi connectivity index (χ0) is 11.5. The van der Waals surface area contributed by atoms with Gasteiger partial charge in [0.15, 0.2) is 6.29 Å². The molecule has 0 saturated carbocycles. The Bertz CT molecular complexity index is 545. The number of esters is 1. The van der Waals surface area contributed by atoms with Gasteiger partial charge in [0.1, 0.15) is 0 Å². The summed E-state index contributed by atoms with van der Waals surface area (Å²) in [5.41, 5.74) is 1.12. The molecular weight excluding hydrogens is 208 g/mol. The van der Waals surface area contributed by atoms with Gasteiger partial charge in [0.25, 0.3) is 0 Å². The maximum Gasteiger partial charge on any atom is 0.374 e. The van der Waals surface area contributed by atoms with E-state index in [4.69, 9.17) is 4.74 Å². The topological polar surface area (TPSA) is 60.7 Å². The molecular formula is C11H10N2O3. The molecule has 16 heavy (non-hydrogen) atoms. The van der Waals surface area contributed by atoms with Gasteiger partial charge in [-0.2, -0.15) is 0 Å². The number of hydrogen-bond donors (Lipinski definition) is 0. The molecule has 2 aromatic rings. The fourth-order valence-electron chi connectivity index (χ4n) is 1.52. The molecule has 2 heterocycles. The third-order valence-corrected chi connectivity index (χ3v) is 2.17. The molecule has 0 unspecified atom stereocenters. The lowest BCUT2D eigenvalue weighted by Crippen LogP contribution is -2.13. The molecule has 0 saturated heterocycles. The van der Waals surface area contributed by atoms with E-state index in [-0.39, 0.29) is 12.4 Å². The predicted molar refractivity (Wildman–Crippen MR) is 56.5 cm³/mol. The average Bonchev–Trinajstić information content (AvgIpc) is 2.72. The first-order chi connectivity index (χ1) is 7.77. The summed E-state index contributed by atoms with van der Waals surface area (Å²) in [5.74, 6) is -0.418. The molecule has 0 radical (unpaired) electrons. The molecule has 0 N–H and O–H groups in total. The van der Waals surface area contributed by atoms with Gasteiger partial charge in [-0.05, 0) is 25.1 Å². The number of carbonyl (C=O) groups is 2. The van der Waals surface area contributed by atoms with E-state index in [1.165, 1.54) is 10.6 Å². The van der Waals surface area contributed by atoms with Crippen LogP contribution >= 0.6 is 0 Å². The maximum absolute atomic E-state index is 11.6. The lowest BCUT2D eigenvalue weighted by molar-refractivity contribution is 0.0510.